The van der Waals surface area contributed by atoms with Gasteiger partial charge in [-0.3, -0.25) is 0 Å². The van der Waals surface area contributed by atoms with Gasteiger partial charge in [0.1, 0.15) is 5.82 Å². The molecule has 0 atom stereocenters. The van der Waals surface area contributed by atoms with Gasteiger partial charge in [-0.15, -0.1) is 0 Å². The van der Waals surface area contributed by atoms with Gasteiger partial charge in [-0.2, -0.15) is 5.10 Å². The minimum Gasteiger partial charge on any atom is -0.334 e. The van der Waals surface area contributed by atoms with Gasteiger partial charge in [-0.05, 0) is 73.4 Å². The standard InChI is InChI=1S/C25H23N5/c1-16-12-21(19-8-6-5-7-9-19)13-17(2)24(16)30-25(27-18(3)28-30)20-10-11-23-22(14-20)26-15-29(23)4/h5-15H,1-4H3. The molecule has 0 saturated heterocycles. The highest BCUT2D eigenvalue weighted by Crippen LogP contribution is 2.31. The lowest BCUT2D eigenvalue weighted by atomic mass is 9.99. The van der Waals surface area contributed by atoms with E-state index in [-0.39, 0.29) is 0 Å². The van der Waals surface area contributed by atoms with Crippen molar-refractivity contribution in [3.8, 4) is 28.2 Å². The summed E-state index contributed by atoms with van der Waals surface area (Å²) in [5, 5.41) is 4.75. The number of rotatable bonds is 3. The zero-order valence-corrected chi connectivity index (χ0v) is 17.6. The van der Waals surface area contributed by atoms with Gasteiger partial charge in [0.05, 0.1) is 23.0 Å². The van der Waals surface area contributed by atoms with E-state index in [1.807, 2.05) is 35.6 Å². The highest BCUT2D eigenvalue weighted by Gasteiger charge is 2.17. The van der Waals surface area contributed by atoms with Crippen LogP contribution in [0.15, 0.2) is 67.0 Å². The number of fused-ring (bicyclic) bond motifs is 1. The van der Waals surface area contributed by atoms with Gasteiger partial charge in [0.15, 0.2) is 5.82 Å². The minimum atomic E-state index is 0.747. The molecule has 0 amide bonds. The normalized spacial score (nSPS) is 11.3. The first-order valence-electron chi connectivity index (χ1n) is 10.0. The molecule has 5 rings (SSSR count). The summed E-state index contributed by atoms with van der Waals surface area (Å²) in [5.41, 5.74) is 8.89. The van der Waals surface area contributed by atoms with E-state index >= 15 is 0 Å². The summed E-state index contributed by atoms with van der Waals surface area (Å²) in [5.74, 6) is 1.58. The number of aromatic nitrogens is 5. The predicted molar refractivity (Wildman–Crippen MR) is 121 cm³/mol. The first-order valence-corrected chi connectivity index (χ1v) is 10.0. The molecule has 2 aromatic heterocycles. The maximum atomic E-state index is 4.75. The summed E-state index contributed by atoms with van der Waals surface area (Å²) < 4.78 is 3.99. The summed E-state index contributed by atoms with van der Waals surface area (Å²) in [6.07, 6.45) is 1.83. The van der Waals surface area contributed by atoms with Crippen LogP contribution in [-0.4, -0.2) is 24.3 Å². The van der Waals surface area contributed by atoms with Crippen molar-refractivity contribution < 1.29 is 0 Å². The number of benzene rings is 3. The lowest BCUT2D eigenvalue weighted by Gasteiger charge is -2.15. The third-order valence-electron chi connectivity index (χ3n) is 5.51. The van der Waals surface area contributed by atoms with Crippen molar-refractivity contribution in [3.63, 3.8) is 0 Å². The summed E-state index contributed by atoms with van der Waals surface area (Å²) in [6, 6.07) is 21.2. The largest absolute Gasteiger partial charge is 0.334 e. The molecule has 0 fully saturated rings. The van der Waals surface area contributed by atoms with Crippen LogP contribution in [0, 0.1) is 20.8 Å². The van der Waals surface area contributed by atoms with Crippen molar-refractivity contribution in [2.45, 2.75) is 20.8 Å². The fraction of sp³-hybridized carbons (Fsp3) is 0.160. The summed E-state index contributed by atoms with van der Waals surface area (Å²) >= 11 is 0. The number of imidazole rings is 1. The molecule has 5 aromatic rings. The first kappa shape index (κ1) is 18.3. The second-order valence-corrected chi connectivity index (χ2v) is 7.78. The van der Waals surface area contributed by atoms with Gasteiger partial charge in [0.2, 0.25) is 0 Å². The van der Waals surface area contributed by atoms with Gasteiger partial charge in [0, 0.05) is 12.6 Å². The fourth-order valence-electron chi connectivity index (χ4n) is 4.12. The molecule has 0 bridgehead atoms. The van der Waals surface area contributed by atoms with Gasteiger partial charge < -0.3 is 4.57 Å². The van der Waals surface area contributed by atoms with E-state index < -0.39 is 0 Å². The molecule has 0 N–H and O–H groups in total. The van der Waals surface area contributed by atoms with Gasteiger partial charge in [0.25, 0.3) is 0 Å². The van der Waals surface area contributed by atoms with Crippen LogP contribution in [0.1, 0.15) is 17.0 Å². The number of hydrogen-bond acceptors (Lipinski definition) is 3. The molecule has 0 spiro atoms. The molecular formula is C25H23N5. The fourth-order valence-corrected chi connectivity index (χ4v) is 4.12. The molecule has 5 heteroatoms. The van der Waals surface area contributed by atoms with Crippen LogP contribution in [-0.2, 0) is 7.05 Å². The van der Waals surface area contributed by atoms with Crippen LogP contribution < -0.4 is 0 Å². The van der Waals surface area contributed by atoms with Crippen molar-refractivity contribution in [1.29, 1.82) is 0 Å². The lowest BCUT2D eigenvalue weighted by Crippen LogP contribution is -2.05. The van der Waals surface area contributed by atoms with Crippen molar-refractivity contribution >= 4 is 11.0 Å². The van der Waals surface area contributed by atoms with E-state index in [2.05, 4.69) is 73.4 Å². The smallest absolute Gasteiger partial charge is 0.163 e. The van der Waals surface area contributed by atoms with Crippen LogP contribution in [0.4, 0.5) is 0 Å². The monoisotopic (exact) mass is 393 g/mol. The quantitative estimate of drug-likeness (QED) is 0.412. The second-order valence-electron chi connectivity index (χ2n) is 7.78. The van der Waals surface area contributed by atoms with Gasteiger partial charge >= 0.3 is 0 Å². The van der Waals surface area contributed by atoms with Crippen molar-refractivity contribution in [2.24, 2.45) is 7.05 Å². The average Bonchev–Trinajstić information content (AvgIpc) is 3.30. The van der Waals surface area contributed by atoms with Crippen molar-refractivity contribution in [1.82, 2.24) is 24.3 Å². The Balaban J connectivity index is 1.66. The molecule has 0 aliphatic heterocycles. The maximum Gasteiger partial charge on any atom is 0.163 e. The number of hydrogen-bond donors (Lipinski definition) is 0. The minimum absolute atomic E-state index is 0.747. The Bertz CT molecular complexity index is 1350. The summed E-state index contributed by atoms with van der Waals surface area (Å²) in [4.78, 5) is 9.25. The molecule has 0 aliphatic rings. The third-order valence-corrected chi connectivity index (χ3v) is 5.51. The predicted octanol–water partition coefficient (Wildman–Crippen LogP) is 5.41. The SMILES string of the molecule is Cc1nc(-c2ccc3c(c2)ncn3C)n(-c2c(C)cc(-c3ccccc3)cc2C)n1. The zero-order chi connectivity index (χ0) is 20.8. The molecule has 148 valence electrons. The Kier molecular flexibility index (Phi) is 4.24. The molecule has 0 saturated carbocycles. The molecule has 3 aromatic carbocycles. The van der Waals surface area contributed by atoms with E-state index in [4.69, 9.17) is 10.1 Å². The van der Waals surface area contributed by atoms with Crippen LogP contribution >= 0.6 is 0 Å². The Labute approximate surface area is 175 Å². The van der Waals surface area contributed by atoms with Crippen LogP contribution in [0.25, 0.3) is 39.2 Å². The number of nitrogens with zero attached hydrogens (tertiary/aromatic N) is 5. The molecule has 0 unspecified atom stereocenters. The number of aryl methyl sites for hydroxylation is 4. The van der Waals surface area contributed by atoms with Crippen LogP contribution in [0.5, 0.6) is 0 Å². The van der Waals surface area contributed by atoms with E-state index in [0.29, 0.717) is 0 Å². The molecule has 2 heterocycles. The Morgan fingerprint density at radius 1 is 0.767 bits per heavy atom. The summed E-state index contributed by atoms with van der Waals surface area (Å²) in [6.45, 7) is 6.21. The van der Waals surface area contributed by atoms with E-state index in [1.165, 1.54) is 22.3 Å². The van der Waals surface area contributed by atoms with Crippen molar-refractivity contribution in [3.05, 3.63) is 83.9 Å². The van der Waals surface area contributed by atoms with Crippen LogP contribution in [0.2, 0.25) is 0 Å². The van der Waals surface area contributed by atoms with Gasteiger partial charge in [-0.25, -0.2) is 14.6 Å². The molecule has 30 heavy (non-hydrogen) atoms. The average molecular weight is 393 g/mol. The van der Waals surface area contributed by atoms with Gasteiger partial charge in [-0.1, -0.05) is 30.3 Å². The van der Waals surface area contributed by atoms with E-state index in [1.54, 1.807) is 0 Å². The Hall–Kier alpha value is -3.73. The molecule has 0 aliphatic carbocycles. The van der Waals surface area contributed by atoms with E-state index in [9.17, 15) is 0 Å². The first-order chi connectivity index (χ1) is 14.5. The summed E-state index contributed by atoms with van der Waals surface area (Å²) in [7, 11) is 2.00. The lowest BCUT2D eigenvalue weighted by molar-refractivity contribution is 0.855. The second kappa shape index (κ2) is 6.95. The topological polar surface area (TPSA) is 48.5 Å². The Morgan fingerprint density at radius 3 is 2.23 bits per heavy atom. The maximum absolute atomic E-state index is 4.75. The molecule has 5 nitrogen and oxygen atoms in total. The highest BCUT2D eigenvalue weighted by molar-refractivity contribution is 5.81. The van der Waals surface area contributed by atoms with E-state index in [0.717, 1.165) is 33.9 Å². The Morgan fingerprint density at radius 2 is 1.50 bits per heavy atom. The zero-order valence-electron chi connectivity index (χ0n) is 17.6. The molecular weight excluding hydrogens is 370 g/mol. The van der Waals surface area contributed by atoms with Crippen molar-refractivity contribution in [2.75, 3.05) is 0 Å². The third kappa shape index (κ3) is 2.99. The van der Waals surface area contributed by atoms with Crippen LogP contribution in [0.3, 0.4) is 0 Å². The molecule has 0 radical (unpaired) electrons. The highest BCUT2D eigenvalue weighted by atomic mass is 15.4.